The van der Waals surface area contributed by atoms with E-state index in [4.69, 9.17) is 0 Å². The molecule has 2 fully saturated rings. The summed E-state index contributed by atoms with van der Waals surface area (Å²) in [5.41, 5.74) is -2.14. The van der Waals surface area contributed by atoms with Crippen molar-refractivity contribution >= 4 is 26.5 Å². The smallest absolute Gasteiger partial charge is 0.412 e. The first-order valence-corrected chi connectivity index (χ1v) is 4.76. The molecule has 2 bridgehead atoms. The molecule has 2 aliphatic heterocycles. The molecular weight excluding hydrogens is 247 g/mol. The van der Waals surface area contributed by atoms with Crippen molar-refractivity contribution in [1.82, 2.24) is 0 Å². The van der Waals surface area contributed by atoms with Gasteiger partial charge in [0.1, 0.15) is 0 Å². The Kier molecular flexibility index (Phi) is 4.33. The number of carbonyl (C=O) groups excluding carboxylic acids is 3. The van der Waals surface area contributed by atoms with Crippen molar-refractivity contribution in [2.24, 2.45) is 0 Å². The lowest BCUT2D eigenvalue weighted by Gasteiger charge is -2.17. The van der Waals surface area contributed by atoms with Crippen molar-refractivity contribution in [3.8, 4) is 0 Å². The highest BCUT2D eigenvalue weighted by atomic mass is 31.2. The minimum atomic E-state index is -2.32. The van der Waals surface area contributed by atoms with Gasteiger partial charge in [-0.2, -0.15) is 0 Å². The highest BCUT2D eigenvalue weighted by Crippen LogP contribution is 2.48. The molecule has 16 heavy (non-hydrogen) atoms. The molecule has 0 amide bonds. The SMILES string of the molecule is O.O.O=C1CC2(O)CC(=O)OP(O1)OC2=O. The predicted octanol–water partition coefficient (Wildman–Crippen LogP) is -2.27. The Hall–Kier alpha value is -1.28. The quantitative estimate of drug-likeness (QED) is 0.477. The maximum atomic E-state index is 11.2. The molecular formula is C6H9O9P. The van der Waals surface area contributed by atoms with E-state index in [9.17, 15) is 19.5 Å². The van der Waals surface area contributed by atoms with Gasteiger partial charge in [-0.15, -0.1) is 0 Å². The Morgan fingerprint density at radius 2 is 1.44 bits per heavy atom. The van der Waals surface area contributed by atoms with Gasteiger partial charge < -0.3 is 29.6 Å². The van der Waals surface area contributed by atoms with Crippen LogP contribution in [0.3, 0.4) is 0 Å². The Bertz CT molecular complexity index is 306. The third-order valence-corrected chi connectivity index (χ3v) is 2.78. The zero-order valence-corrected chi connectivity index (χ0v) is 8.65. The first-order valence-electron chi connectivity index (χ1n) is 3.66. The van der Waals surface area contributed by atoms with Gasteiger partial charge in [-0.25, -0.2) is 4.79 Å². The summed E-state index contributed by atoms with van der Waals surface area (Å²) >= 11 is 0. The summed E-state index contributed by atoms with van der Waals surface area (Å²) < 4.78 is 13.4. The molecule has 0 radical (unpaired) electrons. The van der Waals surface area contributed by atoms with Crippen molar-refractivity contribution in [3.63, 3.8) is 0 Å². The lowest BCUT2D eigenvalue weighted by atomic mass is 9.96. The lowest BCUT2D eigenvalue weighted by molar-refractivity contribution is -0.161. The summed E-state index contributed by atoms with van der Waals surface area (Å²) in [7, 11) is -2.32. The van der Waals surface area contributed by atoms with Crippen LogP contribution < -0.4 is 0 Å². The van der Waals surface area contributed by atoms with Gasteiger partial charge in [0.05, 0.1) is 12.8 Å². The van der Waals surface area contributed by atoms with Crippen LogP contribution in [0.2, 0.25) is 0 Å². The summed E-state index contributed by atoms with van der Waals surface area (Å²) in [6.07, 6.45) is -1.17. The van der Waals surface area contributed by atoms with E-state index in [2.05, 4.69) is 13.6 Å². The Morgan fingerprint density at radius 1 is 1.00 bits per heavy atom. The van der Waals surface area contributed by atoms with Crippen LogP contribution in [0.1, 0.15) is 12.8 Å². The molecule has 0 atom stereocenters. The van der Waals surface area contributed by atoms with Gasteiger partial charge >= 0.3 is 26.5 Å². The van der Waals surface area contributed by atoms with E-state index in [0.717, 1.165) is 0 Å². The predicted molar refractivity (Wildman–Crippen MR) is 46.6 cm³/mol. The summed E-state index contributed by atoms with van der Waals surface area (Å²) in [4.78, 5) is 33.1. The zero-order chi connectivity index (χ0) is 10.3. The van der Waals surface area contributed by atoms with Gasteiger partial charge in [0.15, 0.2) is 5.60 Å². The second-order valence-electron chi connectivity index (χ2n) is 2.91. The molecule has 0 saturated carbocycles. The molecule has 9 nitrogen and oxygen atoms in total. The molecule has 0 aliphatic carbocycles. The minimum absolute atomic E-state index is 0. The van der Waals surface area contributed by atoms with Crippen molar-refractivity contribution in [3.05, 3.63) is 0 Å². The molecule has 0 spiro atoms. The van der Waals surface area contributed by atoms with Crippen LogP contribution in [0.15, 0.2) is 0 Å². The normalized spacial score (nSPS) is 32.1. The van der Waals surface area contributed by atoms with Crippen molar-refractivity contribution in [1.29, 1.82) is 0 Å². The van der Waals surface area contributed by atoms with E-state index in [1.807, 2.05) is 0 Å². The third kappa shape index (κ3) is 2.45. The van der Waals surface area contributed by atoms with Crippen LogP contribution in [0.25, 0.3) is 0 Å². The molecule has 10 heteroatoms. The molecule has 2 rings (SSSR count). The topological polar surface area (TPSA) is 162 Å². The maximum absolute atomic E-state index is 11.2. The van der Waals surface area contributed by atoms with Gasteiger partial charge in [0, 0.05) is 0 Å². The van der Waals surface area contributed by atoms with Gasteiger partial charge in [0.25, 0.3) is 0 Å². The van der Waals surface area contributed by atoms with Crippen LogP contribution in [-0.4, -0.2) is 39.6 Å². The number of hydrogen-bond acceptors (Lipinski definition) is 7. The van der Waals surface area contributed by atoms with E-state index in [0.29, 0.717) is 0 Å². The molecule has 0 aromatic carbocycles. The maximum Gasteiger partial charge on any atom is 0.537 e. The average Bonchev–Trinajstić information content (AvgIpc) is 2.13. The number of fused-ring (bicyclic) bond motifs is 3. The van der Waals surface area contributed by atoms with E-state index in [-0.39, 0.29) is 11.0 Å². The molecule has 2 saturated heterocycles. The van der Waals surface area contributed by atoms with Crippen LogP contribution in [0, 0.1) is 0 Å². The zero-order valence-electron chi connectivity index (χ0n) is 7.76. The van der Waals surface area contributed by atoms with Crippen molar-refractivity contribution in [2.75, 3.05) is 0 Å². The first-order chi connectivity index (χ1) is 6.49. The Labute approximate surface area is 89.9 Å². The van der Waals surface area contributed by atoms with Gasteiger partial charge in [0.2, 0.25) is 0 Å². The molecule has 0 unspecified atom stereocenters. The molecule has 0 aromatic rings. The summed E-state index contributed by atoms with van der Waals surface area (Å²) in [6.45, 7) is 0. The summed E-state index contributed by atoms with van der Waals surface area (Å²) in [5.74, 6) is -2.70. The van der Waals surface area contributed by atoms with Crippen molar-refractivity contribution in [2.45, 2.75) is 18.4 Å². The van der Waals surface area contributed by atoms with Gasteiger partial charge in [-0.3, -0.25) is 9.59 Å². The average molecular weight is 256 g/mol. The van der Waals surface area contributed by atoms with Gasteiger partial charge in [-0.05, 0) is 0 Å². The number of carbonyl (C=O) groups is 3. The first kappa shape index (κ1) is 14.7. The van der Waals surface area contributed by atoms with Crippen LogP contribution >= 0.6 is 8.60 Å². The fourth-order valence-electron chi connectivity index (χ4n) is 1.12. The molecule has 0 aromatic heterocycles. The summed E-state index contributed by atoms with van der Waals surface area (Å²) in [5, 5.41) is 9.62. The van der Waals surface area contributed by atoms with E-state index >= 15 is 0 Å². The number of hydrogen-bond donors (Lipinski definition) is 1. The fraction of sp³-hybridized carbons (Fsp3) is 0.500. The monoisotopic (exact) mass is 256 g/mol. The largest absolute Gasteiger partial charge is 0.537 e. The van der Waals surface area contributed by atoms with Crippen LogP contribution in [0.4, 0.5) is 0 Å². The Balaban J connectivity index is 0.00000112. The number of rotatable bonds is 0. The van der Waals surface area contributed by atoms with E-state index in [1.54, 1.807) is 0 Å². The standard InChI is InChI=1S/C6H5O7P.2H2O/c7-3-1-6(10)2-4(8)12-14(11-3)13-5(6)9;;/h10H,1-2H2;2*1H2. The molecule has 2 heterocycles. The summed E-state index contributed by atoms with van der Waals surface area (Å²) in [6, 6.07) is 0. The second kappa shape index (κ2) is 4.71. The Morgan fingerprint density at radius 3 is 1.88 bits per heavy atom. The molecule has 5 N–H and O–H groups in total. The van der Waals surface area contributed by atoms with Crippen molar-refractivity contribution < 1.29 is 44.0 Å². The highest BCUT2D eigenvalue weighted by Gasteiger charge is 2.52. The molecule has 2 aliphatic rings. The van der Waals surface area contributed by atoms with E-state index in [1.165, 1.54) is 0 Å². The molecule has 92 valence electrons. The number of aliphatic hydroxyl groups is 1. The third-order valence-electron chi connectivity index (χ3n) is 1.76. The van der Waals surface area contributed by atoms with Gasteiger partial charge in [-0.1, -0.05) is 0 Å². The van der Waals surface area contributed by atoms with E-state index < -0.39 is 45.0 Å². The van der Waals surface area contributed by atoms with Crippen LogP contribution in [0.5, 0.6) is 0 Å². The highest BCUT2D eigenvalue weighted by molar-refractivity contribution is 7.43. The second-order valence-corrected chi connectivity index (χ2v) is 3.91. The minimum Gasteiger partial charge on any atom is -0.412 e. The van der Waals surface area contributed by atoms with Crippen LogP contribution in [-0.2, 0) is 28.0 Å². The lowest BCUT2D eigenvalue weighted by Crippen LogP contribution is -2.41. The fourth-order valence-corrected chi connectivity index (χ4v) is 2.00.